The van der Waals surface area contributed by atoms with E-state index in [-0.39, 0.29) is 6.04 Å². The molecule has 0 aromatic carbocycles. The third-order valence-corrected chi connectivity index (χ3v) is 7.11. The molecule has 0 aliphatic heterocycles. The van der Waals surface area contributed by atoms with E-state index in [1.54, 1.807) is 45.3 Å². The zero-order chi connectivity index (χ0) is 20.8. The van der Waals surface area contributed by atoms with Gasteiger partial charge in [-0.05, 0) is 45.8 Å². The Labute approximate surface area is 184 Å². The minimum absolute atomic E-state index is 0.0741. The van der Waals surface area contributed by atoms with Crippen LogP contribution in [0.2, 0.25) is 0 Å². The molecule has 0 aliphatic rings. The van der Waals surface area contributed by atoms with Crippen LogP contribution in [0.1, 0.15) is 39.4 Å². The van der Waals surface area contributed by atoms with Crippen LogP contribution < -0.4 is 5.73 Å². The molecule has 0 bridgehead atoms. The van der Waals surface area contributed by atoms with Crippen molar-refractivity contribution in [3.05, 3.63) is 96.1 Å². The first-order chi connectivity index (χ1) is 13.8. The molecule has 4 aromatic rings. The Balaban J connectivity index is 0.000000238. The minimum Gasteiger partial charge on any atom is -0.400 e. The first kappa shape index (κ1) is 24.5. The second-order valence-corrected chi connectivity index (χ2v) is 8.80. The van der Waals surface area contributed by atoms with Gasteiger partial charge in [0.05, 0.1) is 6.04 Å². The maximum Gasteiger partial charge on any atom is 0.0739 e. The highest BCUT2D eigenvalue weighted by Crippen LogP contribution is 2.28. The van der Waals surface area contributed by atoms with E-state index in [4.69, 9.17) is 10.8 Å². The normalized spacial score (nSPS) is 9.36. The number of aliphatic hydroxyl groups excluding tert-OH is 1. The Morgan fingerprint density at radius 3 is 1.39 bits per heavy atom. The fourth-order valence-electron chi connectivity index (χ4n) is 2.10. The molecule has 6 heteroatoms. The van der Waals surface area contributed by atoms with Crippen LogP contribution in [-0.4, -0.2) is 12.2 Å². The van der Waals surface area contributed by atoms with Crippen molar-refractivity contribution in [2.45, 2.75) is 19.9 Å². The van der Waals surface area contributed by atoms with E-state index in [0.717, 1.165) is 12.7 Å². The zero-order valence-electron chi connectivity index (χ0n) is 16.4. The SMILES string of the molecule is C=C(c1cccs1)c1cccs1.CC.CO.NC(c1cccs1)c1cccs1. The predicted octanol–water partition coefficient (Wildman–Crippen LogP) is 7.36. The highest BCUT2D eigenvalue weighted by Gasteiger charge is 2.09. The highest BCUT2D eigenvalue weighted by molar-refractivity contribution is 7.13. The lowest BCUT2D eigenvalue weighted by molar-refractivity contribution is 0.399. The minimum atomic E-state index is 0.0741. The smallest absolute Gasteiger partial charge is 0.0739 e. The average molecular weight is 450 g/mol. The van der Waals surface area contributed by atoms with Gasteiger partial charge in [-0.3, -0.25) is 0 Å². The summed E-state index contributed by atoms with van der Waals surface area (Å²) < 4.78 is 0. The summed E-state index contributed by atoms with van der Waals surface area (Å²) in [5.74, 6) is 0. The van der Waals surface area contributed by atoms with E-state index in [0.29, 0.717) is 0 Å². The van der Waals surface area contributed by atoms with Crippen LogP contribution in [0.4, 0.5) is 0 Å². The summed E-state index contributed by atoms with van der Waals surface area (Å²) in [7, 11) is 1.00. The average Bonchev–Trinajstić information content (AvgIpc) is 3.59. The lowest BCUT2D eigenvalue weighted by Crippen LogP contribution is -2.07. The Morgan fingerprint density at radius 1 is 0.750 bits per heavy atom. The van der Waals surface area contributed by atoms with Crippen molar-refractivity contribution < 1.29 is 5.11 Å². The van der Waals surface area contributed by atoms with Gasteiger partial charge in [-0.2, -0.15) is 0 Å². The predicted molar refractivity (Wildman–Crippen MR) is 131 cm³/mol. The van der Waals surface area contributed by atoms with E-state index in [1.165, 1.54) is 19.5 Å². The lowest BCUT2D eigenvalue weighted by atomic mass is 10.2. The molecule has 4 aromatic heterocycles. The Morgan fingerprint density at radius 2 is 1.11 bits per heavy atom. The van der Waals surface area contributed by atoms with Gasteiger partial charge < -0.3 is 10.8 Å². The molecule has 0 saturated heterocycles. The number of hydrogen-bond acceptors (Lipinski definition) is 6. The van der Waals surface area contributed by atoms with Gasteiger partial charge in [-0.15, -0.1) is 45.3 Å². The molecule has 28 heavy (non-hydrogen) atoms. The van der Waals surface area contributed by atoms with Crippen molar-refractivity contribution in [3.63, 3.8) is 0 Å². The van der Waals surface area contributed by atoms with Gasteiger partial charge in [-0.1, -0.05) is 44.7 Å². The largest absolute Gasteiger partial charge is 0.400 e. The Hall–Kier alpha value is -1.54. The fourth-order valence-corrected chi connectivity index (χ4v) is 5.15. The van der Waals surface area contributed by atoms with E-state index < -0.39 is 0 Å². The summed E-state index contributed by atoms with van der Waals surface area (Å²) in [6.45, 7) is 8.06. The molecular formula is C22H27NOS4. The summed E-state index contributed by atoms with van der Waals surface area (Å²) in [5.41, 5.74) is 7.16. The standard InChI is InChI=1S/C10H8S2.C9H9NS2.C2H6.CH4O/c1-8(9-4-2-6-11-9)10-5-3-7-12-10;10-9(7-3-1-5-11-7)8-4-2-6-12-8;2*1-2/h2-7H,1H2;1-6,9H,10H2;1-2H3;2H,1H3. The van der Waals surface area contributed by atoms with E-state index >= 15 is 0 Å². The number of aliphatic hydroxyl groups is 1. The molecular weight excluding hydrogens is 423 g/mol. The number of rotatable bonds is 4. The quantitative estimate of drug-likeness (QED) is 0.342. The van der Waals surface area contributed by atoms with Gasteiger partial charge in [0.1, 0.15) is 0 Å². The summed E-state index contributed by atoms with van der Waals surface area (Å²) >= 11 is 6.89. The Bertz CT molecular complexity index is 762. The molecule has 0 saturated carbocycles. The van der Waals surface area contributed by atoms with Crippen LogP contribution >= 0.6 is 45.3 Å². The van der Waals surface area contributed by atoms with E-state index in [1.807, 2.05) is 26.0 Å². The summed E-state index contributed by atoms with van der Waals surface area (Å²) in [4.78, 5) is 4.99. The first-order valence-electron chi connectivity index (χ1n) is 8.79. The molecule has 0 unspecified atom stereocenters. The van der Waals surface area contributed by atoms with Gasteiger partial charge in [0.15, 0.2) is 0 Å². The van der Waals surface area contributed by atoms with Gasteiger partial charge in [0.2, 0.25) is 0 Å². The second kappa shape index (κ2) is 14.5. The van der Waals surface area contributed by atoms with Crippen molar-refractivity contribution >= 4 is 50.9 Å². The number of nitrogens with two attached hydrogens (primary N) is 1. The van der Waals surface area contributed by atoms with E-state index in [2.05, 4.69) is 64.5 Å². The second-order valence-electron chi connectivity index (χ2n) is 4.94. The molecule has 0 radical (unpaired) electrons. The lowest BCUT2D eigenvalue weighted by Gasteiger charge is -2.05. The Kier molecular flexibility index (Phi) is 12.6. The van der Waals surface area contributed by atoms with Crippen molar-refractivity contribution in [2.24, 2.45) is 5.73 Å². The van der Waals surface area contributed by atoms with Crippen molar-refractivity contribution in [1.29, 1.82) is 0 Å². The molecule has 0 fully saturated rings. The first-order valence-corrected chi connectivity index (χ1v) is 12.3. The van der Waals surface area contributed by atoms with Gasteiger partial charge in [0.25, 0.3) is 0 Å². The number of thiophene rings is 4. The van der Waals surface area contributed by atoms with E-state index in [9.17, 15) is 0 Å². The molecule has 4 rings (SSSR count). The third kappa shape index (κ3) is 7.47. The van der Waals surface area contributed by atoms with Crippen molar-refractivity contribution in [1.82, 2.24) is 0 Å². The maximum atomic E-state index is 7.00. The monoisotopic (exact) mass is 449 g/mol. The van der Waals surface area contributed by atoms with Crippen molar-refractivity contribution in [3.8, 4) is 0 Å². The summed E-state index contributed by atoms with van der Waals surface area (Å²) in [6.07, 6.45) is 0. The van der Waals surface area contributed by atoms with Crippen LogP contribution in [0, 0.1) is 0 Å². The van der Waals surface area contributed by atoms with Crippen molar-refractivity contribution in [2.75, 3.05) is 7.11 Å². The highest BCUT2D eigenvalue weighted by atomic mass is 32.1. The topological polar surface area (TPSA) is 46.2 Å². The molecule has 150 valence electrons. The molecule has 0 amide bonds. The fraction of sp³-hybridized carbons (Fsp3) is 0.182. The van der Waals surface area contributed by atoms with Gasteiger partial charge >= 0.3 is 0 Å². The van der Waals surface area contributed by atoms with Crippen LogP contribution in [0.3, 0.4) is 0 Å². The van der Waals surface area contributed by atoms with Crippen LogP contribution in [0.5, 0.6) is 0 Å². The summed E-state index contributed by atoms with van der Waals surface area (Å²) in [6, 6.07) is 16.6. The zero-order valence-corrected chi connectivity index (χ0v) is 19.6. The van der Waals surface area contributed by atoms with Crippen LogP contribution in [-0.2, 0) is 0 Å². The summed E-state index contributed by atoms with van der Waals surface area (Å²) in [5, 5.41) is 15.3. The van der Waals surface area contributed by atoms with Crippen LogP contribution in [0.25, 0.3) is 5.57 Å². The van der Waals surface area contributed by atoms with Gasteiger partial charge in [0, 0.05) is 32.2 Å². The number of hydrogen-bond donors (Lipinski definition) is 2. The van der Waals surface area contributed by atoms with Gasteiger partial charge in [-0.25, -0.2) is 0 Å². The molecule has 0 spiro atoms. The molecule has 0 atom stereocenters. The van der Waals surface area contributed by atoms with Crippen LogP contribution in [0.15, 0.2) is 76.6 Å². The molecule has 4 heterocycles. The molecule has 3 N–H and O–H groups in total. The maximum absolute atomic E-state index is 7.00. The third-order valence-electron chi connectivity index (χ3n) is 3.34. The molecule has 0 aliphatic carbocycles. The molecule has 2 nitrogen and oxygen atoms in total.